The lowest BCUT2D eigenvalue weighted by atomic mass is 9.98. The summed E-state index contributed by atoms with van der Waals surface area (Å²) in [7, 11) is 1.85. The van der Waals surface area contributed by atoms with Crippen LogP contribution in [0.5, 0.6) is 0 Å². The summed E-state index contributed by atoms with van der Waals surface area (Å²) in [4.78, 5) is 52.7. The molecular formula is C29H41N5O5. The van der Waals surface area contributed by atoms with Gasteiger partial charge in [0.05, 0.1) is 6.54 Å². The lowest BCUT2D eigenvalue weighted by Crippen LogP contribution is -2.56. The molecule has 0 spiro atoms. The molecule has 1 aromatic rings. The number of hydrogen-bond acceptors (Lipinski definition) is 7. The molecule has 5 atom stereocenters. The van der Waals surface area contributed by atoms with Crippen molar-refractivity contribution in [1.82, 2.24) is 26.2 Å². The normalized spacial score (nSPS) is 25.6. The summed E-state index contributed by atoms with van der Waals surface area (Å²) in [5, 5.41) is 12.3. The molecule has 4 rings (SSSR count). The fraction of sp³-hybridized carbons (Fsp3) is 0.586. The van der Waals surface area contributed by atoms with E-state index >= 15 is 0 Å². The van der Waals surface area contributed by atoms with E-state index < -0.39 is 12.1 Å². The van der Waals surface area contributed by atoms with Gasteiger partial charge in [0, 0.05) is 36.3 Å². The topological polar surface area (TPSA) is 129 Å². The quantitative estimate of drug-likeness (QED) is 0.334. The summed E-state index contributed by atoms with van der Waals surface area (Å²) in [5.41, 5.74) is 2.02. The molecule has 0 unspecified atom stereocenters. The maximum absolute atomic E-state index is 13.7. The van der Waals surface area contributed by atoms with Crippen LogP contribution in [0.15, 0.2) is 36.5 Å². The Morgan fingerprint density at radius 1 is 1.10 bits per heavy atom. The van der Waals surface area contributed by atoms with E-state index in [1.807, 2.05) is 24.9 Å². The molecule has 3 saturated heterocycles. The van der Waals surface area contributed by atoms with E-state index in [0.717, 1.165) is 36.9 Å². The average molecular weight is 540 g/mol. The van der Waals surface area contributed by atoms with Gasteiger partial charge in [-0.25, -0.2) is 0 Å². The Bertz CT molecular complexity index is 1090. The summed E-state index contributed by atoms with van der Waals surface area (Å²) in [6.07, 6.45) is 5.75. The summed E-state index contributed by atoms with van der Waals surface area (Å²) in [5.74, 6) is -0.707. The number of likely N-dealkylation sites (N-methyl/N-ethyl adjacent to an activating group) is 1. The second-order valence-electron chi connectivity index (χ2n) is 10.8. The first-order valence-corrected chi connectivity index (χ1v) is 14.1. The highest BCUT2D eigenvalue weighted by molar-refractivity contribution is 5.94. The van der Waals surface area contributed by atoms with Crippen LogP contribution >= 0.6 is 0 Å². The zero-order valence-corrected chi connectivity index (χ0v) is 23.0. The molecule has 0 saturated carbocycles. The van der Waals surface area contributed by atoms with E-state index in [4.69, 9.17) is 4.74 Å². The molecule has 0 bridgehead atoms. The van der Waals surface area contributed by atoms with Crippen LogP contribution in [0.1, 0.15) is 74.2 Å². The molecule has 3 aliphatic rings. The first kappa shape index (κ1) is 28.6. The predicted molar refractivity (Wildman–Crippen MR) is 146 cm³/mol. The van der Waals surface area contributed by atoms with Crippen molar-refractivity contribution in [2.24, 2.45) is 0 Å². The lowest BCUT2D eigenvalue weighted by molar-refractivity contribution is -0.142. The van der Waals surface area contributed by atoms with E-state index in [-0.39, 0.29) is 55.0 Å². The minimum absolute atomic E-state index is 0.0230. The summed E-state index contributed by atoms with van der Waals surface area (Å²) < 4.78 is 5.15. The first-order valence-electron chi connectivity index (χ1n) is 14.1. The smallest absolute Gasteiger partial charge is 0.306 e. The number of nitrogens with zero attached hydrogens (tertiary/aromatic N) is 1. The molecule has 1 aromatic carbocycles. The highest BCUT2D eigenvalue weighted by Crippen LogP contribution is 2.31. The highest BCUT2D eigenvalue weighted by atomic mass is 16.5. The van der Waals surface area contributed by atoms with Crippen LogP contribution in [0.4, 0.5) is 0 Å². The van der Waals surface area contributed by atoms with Gasteiger partial charge in [0.2, 0.25) is 11.8 Å². The monoisotopic (exact) mass is 539 g/mol. The van der Waals surface area contributed by atoms with Crippen molar-refractivity contribution in [3.05, 3.63) is 47.7 Å². The molecule has 39 heavy (non-hydrogen) atoms. The molecule has 0 radical (unpaired) electrons. The third-order valence-electron chi connectivity index (χ3n) is 8.07. The number of hydrogen-bond donors (Lipinski definition) is 4. The van der Waals surface area contributed by atoms with Crippen LogP contribution in [0.2, 0.25) is 0 Å². The number of esters is 1. The Kier molecular flexibility index (Phi) is 9.61. The van der Waals surface area contributed by atoms with Crippen LogP contribution in [0.25, 0.3) is 0 Å². The maximum atomic E-state index is 13.7. The van der Waals surface area contributed by atoms with E-state index in [9.17, 15) is 19.2 Å². The van der Waals surface area contributed by atoms with Crippen molar-refractivity contribution in [3.8, 4) is 0 Å². The van der Waals surface area contributed by atoms with Crippen molar-refractivity contribution < 1.29 is 23.9 Å². The fourth-order valence-corrected chi connectivity index (χ4v) is 5.61. The highest BCUT2D eigenvalue weighted by Gasteiger charge is 2.43. The van der Waals surface area contributed by atoms with Gasteiger partial charge in [-0.15, -0.1) is 0 Å². The molecule has 0 aliphatic carbocycles. The van der Waals surface area contributed by atoms with Crippen molar-refractivity contribution in [2.75, 3.05) is 13.6 Å². The second-order valence-corrected chi connectivity index (χ2v) is 10.8. The van der Waals surface area contributed by atoms with Crippen molar-refractivity contribution in [1.29, 1.82) is 0 Å². The molecular weight excluding hydrogens is 498 g/mol. The van der Waals surface area contributed by atoms with Gasteiger partial charge in [0.25, 0.3) is 5.91 Å². The van der Waals surface area contributed by atoms with Gasteiger partial charge in [-0.3, -0.25) is 19.2 Å². The van der Waals surface area contributed by atoms with E-state index in [0.29, 0.717) is 31.2 Å². The van der Waals surface area contributed by atoms with Gasteiger partial charge in [0.15, 0.2) is 0 Å². The molecule has 3 aliphatic heterocycles. The van der Waals surface area contributed by atoms with Crippen LogP contribution in [-0.2, 0) is 25.7 Å². The van der Waals surface area contributed by atoms with Gasteiger partial charge < -0.3 is 30.9 Å². The van der Waals surface area contributed by atoms with E-state index in [1.54, 1.807) is 18.2 Å². The van der Waals surface area contributed by atoms with Gasteiger partial charge in [-0.05, 0) is 63.8 Å². The number of ether oxygens (including phenoxy) is 1. The Labute approximate surface area is 230 Å². The zero-order chi connectivity index (χ0) is 27.9. The number of fused-ring (bicyclic) bond motifs is 1. The largest absolute Gasteiger partial charge is 0.460 e. The lowest BCUT2D eigenvalue weighted by Gasteiger charge is -2.36. The standard InChI is InChI=1S/C29H41N5O5/c1-18(30-3)19(2)33-24-10-5-4-9-22-11-13-25(34(22)29(24)38)28(37)31-16-20-7-6-8-21(15-20)27(36)32-17-23-12-14-26(35)39-23/h6-8,15,18,22-25,30,33H,2,4-5,9-14,16-17H2,1,3H3,(H,31,37)(H,32,36)/t18-,22-,23-,24-,25-/m0/s1. The van der Waals surface area contributed by atoms with Crippen molar-refractivity contribution in [2.45, 2.75) is 95.1 Å². The molecule has 0 aromatic heterocycles. The average Bonchev–Trinajstić information content (AvgIpc) is 3.55. The zero-order valence-electron chi connectivity index (χ0n) is 23.0. The van der Waals surface area contributed by atoms with E-state index in [2.05, 4.69) is 27.8 Å². The van der Waals surface area contributed by atoms with Crippen LogP contribution in [-0.4, -0.2) is 72.5 Å². The number of nitrogens with one attached hydrogen (secondary N) is 4. The molecule has 212 valence electrons. The molecule has 3 fully saturated rings. The fourth-order valence-electron chi connectivity index (χ4n) is 5.61. The Balaban J connectivity index is 1.35. The van der Waals surface area contributed by atoms with Crippen molar-refractivity contribution in [3.63, 3.8) is 0 Å². The molecule has 10 nitrogen and oxygen atoms in total. The third-order valence-corrected chi connectivity index (χ3v) is 8.07. The van der Waals surface area contributed by atoms with Gasteiger partial charge in [0.1, 0.15) is 18.2 Å². The van der Waals surface area contributed by atoms with Gasteiger partial charge in [-0.1, -0.05) is 31.6 Å². The summed E-state index contributed by atoms with van der Waals surface area (Å²) in [6, 6.07) is 6.25. The van der Waals surface area contributed by atoms with Gasteiger partial charge in [-0.2, -0.15) is 0 Å². The minimum Gasteiger partial charge on any atom is -0.460 e. The van der Waals surface area contributed by atoms with Crippen LogP contribution < -0.4 is 21.3 Å². The third kappa shape index (κ3) is 7.17. The number of carbonyl (C=O) groups is 4. The van der Waals surface area contributed by atoms with Gasteiger partial charge >= 0.3 is 5.97 Å². The maximum Gasteiger partial charge on any atom is 0.306 e. The Hall–Kier alpha value is -3.40. The number of cyclic esters (lactones) is 1. The number of benzene rings is 1. The molecule has 4 N–H and O–H groups in total. The number of rotatable bonds is 10. The summed E-state index contributed by atoms with van der Waals surface area (Å²) in [6.45, 7) is 6.61. The number of amides is 3. The predicted octanol–water partition coefficient (Wildman–Crippen LogP) is 1.75. The number of carbonyl (C=O) groups excluding carboxylic acids is 4. The van der Waals surface area contributed by atoms with Crippen molar-refractivity contribution >= 4 is 23.7 Å². The Morgan fingerprint density at radius 2 is 1.90 bits per heavy atom. The minimum atomic E-state index is -0.513. The van der Waals surface area contributed by atoms with Crippen LogP contribution in [0.3, 0.4) is 0 Å². The van der Waals surface area contributed by atoms with E-state index in [1.165, 1.54) is 0 Å². The molecule has 10 heteroatoms. The molecule has 3 heterocycles. The second kappa shape index (κ2) is 13.1. The van der Waals surface area contributed by atoms with Crippen LogP contribution in [0, 0.1) is 0 Å². The SMILES string of the molecule is C=C(N[C@H]1CCCC[C@H]2CC[C@@H](C(=O)NCc3cccc(C(=O)NC[C@@H]4CCC(=O)O4)c3)N2C1=O)[C@H](C)NC. The Morgan fingerprint density at radius 3 is 2.64 bits per heavy atom. The molecule has 3 amide bonds. The first-order chi connectivity index (χ1) is 18.8. The summed E-state index contributed by atoms with van der Waals surface area (Å²) >= 11 is 0.